The van der Waals surface area contributed by atoms with Crippen molar-refractivity contribution in [1.29, 1.82) is 0 Å². The molecule has 0 spiro atoms. The summed E-state index contributed by atoms with van der Waals surface area (Å²) in [5.41, 5.74) is 0. The number of ether oxygens (including phenoxy) is 2. The van der Waals surface area contributed by atoms with Crippen molar-refractivity contribution in [2.45, 2.75) is 238 Å². The molecule has 0 amide bonds. The zero-order chi connectivity index (χ0) is 44.9. The molecule has 0 aliphatic heterocycles. The van der Waals surface area contributed by atoms with E-state index < -0.39 is 6.10 Å². The third-order valence-corrected chi connectivity index (χ3v) is 10.9. The third kappa shape index (κ3) is 49.5. The highest BCUT2D eigenvalue weighted by Gasteiger charge is 2.16. The van der Waals surface area contributed by atoms with E-state index in [1.807, 2.05) is 0 Å². The minimum absolute atomic E-state index is 0.0664. The fourth-order valence-electron chi connectivity index (χ4n) is 7.04. The molecule has 0 radical (unpaired) electrons. The van der Waals surface area contributed by atoms with E-state index in [1.54, 1.807) is 0 Å². The van der Waals surface area contributed by atoms with Crippen LogP contribution in [0.25, 0.3) is 0 Å². The molecule has 62 heavy (non-hydrogen) atoms. The van der Waals surface area contributed by atoms with E-state index in [0.717, 1.165) is 89.9 Å². The van der Waals surface area contributed by atoms with Gasteiger partial charge in [0.05, 0.1) is 6.61 Å². The molecule has 5 nitrogen and oxygen atoms in total. The second-order valence-electron chi connectivity index (χ2n) is 16.9. The molecular formula is C57H96O5. The molecule has 0 saturated carbocycles. The number of carbonyl (C=O) groups excluding carboxylic acids is 2. The molecule has 0 bridgehead atoms. The van der Waals surface area contributed by atoms with Crippen molar-refractivity contribution in [2.24, 2.45) is 0 Å². The van der Waals surface area contributed by atoms with Crippen LogP contribution < -0.4 is 0 Å². The van der Waals surface area contributed by atoms with E-state index in [-0.39, 0.29) is 25.2 Å². The lowest BCUT2D eigenvalue weighted by Gasteiger charge is -2.15. The summed E-state index contributed by atoms with van der Waals surface area (Å²) < 4.78 is 10.6. The highest BCUT2D eigenvalue weighted by Crippen LogP contribution is 2.15. The molecule has 1 unspecified atom stereocenters. The Labute approximate surface area is 383 Å². The van der Waals surface area contributed by atoms with E-state index in [0.29, 0.717) is 12.8 Å². The minimum Gasteiger partial charge on any atom is -0.462 e. The molecule has 5 heteroatoms. The lowest BCUT2D eigenvalue weighted by atomic mass is 10.0. The molecule has 354 valence electrons. The van der Waals surface area contributed by atoms with Gasteiger partial charge in [0.2, 0.25) is 0 Å². The Morgan fingerprint density at radius 2 is 0.694 bits per heavy atom. The van der Waals surface area contributed by atoms with Crippen LogP contribution in [0.3, 0.4) is 0 Å². The number of aliphatic hydroxyl groups is 1. The van der Waals surface area contributed by atoms with Crippen LogP contribution in [0.5, 0.6) is 0 Å². The first-order chi connectivity index (χ1) is 30.6. The molecule has 0 aromatic carbocycles. The number of esters is 2. The van der Waals surface area contributed by atoms with Crippen molar-refractivity contribution >= 4 is 11.9 Å². The quantitative estimate of drug-likeness (QED) is 0.0375. The zero-order valence-corrected chi connectivity index (χ0v) is 40.4. The number of rotatable bonds is 46. The second-order valence-corrected chi connectivity index (χ2v) is 16.9. The molecule has 0 aromatic heterocycles. The summed E-state index contributed by atoms with van der Waals surface area (Å²) in [5.74, 6) is -0.593. The van der Waals surface area contributed by atoms with Crippen LogP contribution in [0.1, 0.15) is 232 Å². The van der Waals surface area contributed by atoms with E-state index in [2.05, 4.69) is 111 Å². The first-order valence-electron chi connectivity index (χ1n) is 25.8. The summed E-state index contributed by atoms with van der Waals surface area (Å²) in [4.78, 5) is 24.3. The minimum atomic E-state index is -0.772. The zero-order valence-electron chi connectivity index (χ0n) is 40.4. The van der Waals surface area contributed by atoms with Gasteiger partial charge >= 0.3 is 11.9 Å². The topological polar surface area (TPSA) is 72.8 Å². The second kappa shape index (κ2) is 52.2. The van der Waals surface area contributed by atoms with Crippen molar-refractivity contribution in [3.05, 3.63) is 97.2 Å². The Kier molecular flexibility index (Phi) is 49.5. The van der Waals surface area contributed by atoms with Crippen LogP contribution in [0.2, 0.25) is 0 Å². The molecule has 0 aliphatic rings. The smallest absolute Gasteiger partial charge is 0.306 e. The lowest BCUT2D eigenvalue weighted by Crippen LogP contribution is -2.28. The molecular weight excluding hydrogens is 765 g/mol. The number of allylic oxidation sites excluding steroid dienone is 16. The molecule has 0 rings (SSSR count). The Hall–Kier alpha value is -3.18. The molecule has 0 heterocycles. The number of unbranched alkanes of at least 4 members (excludes halogenated alkanes) is 22. The van der Waals surface area contributed by atoms with Crippen LogP contribution >= 0.6 is 0 Å². The highest BCUT2D eigenvalue weighted by molar-refractivity contribution is 5.70. The largest absolute Gasteiger partial charge is 0.462 e. The Bertz CT molecular complexity index is 1200. The number of hydrogen-bond donors (Lipinski definition) is 1. The van der Waals surface area contributed by atoms with Crippen LogP contribution in [0.15, 0.2) is 97.2 Å². The molecule has 0 aromatic rings. The number of hydrogen-bond acceptors (Lipinski definition) is 5. The fourth-order valence-corrected chi connectivity index (χ4v) is 7.04. The van der Waals surface area contributed by atoms with Crippen LogP contribution in [-0.4, -0.2) is 36.4 Å². The maximum absolute atomic E-state index is 12.2. The fraction of sp³-hybridized carbons (Fsp3) is 0.684. The van der Waals surface area contributed by atoms with Crippen molar-refractivity contribution < 1.29 is 24.2 Å². The van der Waals surface area contributed by atoms with Gasteiger partial charge in [0.25, 0.3) is 0 Å². The van der Waals surface area contributed by atoms with Crippen molar-refractivity contribution in [3.8, 4) is 0 Å². The lowest BCUT2D eigenvalue weighted by molar-refractivity contribution is -0.161. The van der Waals surface area contributed by atoms with Crippen LogP contribution in [-0.2, 0) is 19.1 Å². The normalized spacial score (nSPS) is 13.0. The van der Waals surface area contributed by atoms with Crippen LogP contribution in [0, 0.1) is 0 Å². The molecule has 1 atom stereocenters. The van der Waals surface area contributed by atoms with Crippen LogP contribution in [0.4, 0.5) is 0 Å². The Morgan fingerprint density at radius 3 is 1.05 bits per heavy atom. The summed E-state index contributed by atoms with van der Waals surface area (Å²) in [6.07, 6.45) is 73.8. The van der Waals surface area contributed by atoms with Crippen molar-refractivity contribution in [1.82, 2.24) is 0 Å². The predicted octanol–water partition coefficient (Wildman–Crippen LogP) is 17.2. The molecule has 0 fully saturated rings. The van der Waals surface area contributed by atoms with Crippen molar-refractivity contribution in [3.63, 3.8) is 0 Å². The van der Waals surface area contributed by atoms with Gasteiger partial charge in [0.1, 0.15) is 6.61 Å². The number of carbonyl (C=O) groups is 2. The van der Waals surface area contributed by atoms with Gasteiger partial charge in [-0.3, -0.25) is 9.59 Å². The highest BCUT2D eigenvalue weighted by atomic mass is 16.6. The van der Waals surface area contributed by atoms with E-state index in [9.17, 15) is 14.7 Å². The Balaban J connectivity index is 3.50. The summed E-state index contributed by atoms with van der Waals surface area (Å²) in [6, 6.07) is 0. The average Bonchev–Trinajstić information content (AvgIpc) is 3.28. The van der Waals surface area contributed by atoms with Gasteiger partial charge < -0.3 is 14.6 Å². The van der Waals surface area contributed by atoms with Gasteiger partial charge in [0, 0.05) is 12.8 Å². The van der Waals surface area contributed by atoms with Gasteiger partial charge in [0.15, 0.2) is 6.10 Å². The number of aliphatic hydroxyl groups excluding tert-OH is 1. The predicted molar refractivity (Wildman–Crippen MR) is 269 cm³/mol. The van der Waals surface area contributed by atoms with Gasteiger partial charge in [-0.15, -0.1) is 0 Å². The monoisotopic (exact) mass is 861 g/mol. The molecule has 0 aliphatic carbocycles. The first kappa shape index (κ1) is 58.8. The maximum atomic E-state index is 12.2. The van der Waals surface area contributed by atoms with Gasteiger partial charge in [-0.1, -0.05) is 239 Å². The summed E-state index contributed by atoms with van der Waals surface area (Å²) >= 11 is 0. The first-order valence-corrected chi connectivity index (χ1v) is 25.8. The van der Waals surface area contributed by atoms with Crippen molar-refractivity contribution in [2.75, 3.05) is 13.2 Å². The van der Waals surface area contributed by atoms with E-state index >= 15 is 0 Å². The molecule has 0 saturated heterocycles. The van der Waals surface area contributed by atoms with Gasteiger partial charge in [-0.05, 0) is 77.0 Å². The van der Waals surface area contributed by atoms with E-state index in [1.165, 1.54) is 116 Å². The van der Waals surface area contributed by atoms with E-state index in [4.69, 9.17) is 9.47 Å². The standard InChI is InChI=1S/C57H96O5/c1-3-5-7-9-11-13-14-15-16-17-18-19-20-21-22-23-24-25-26-27-28-29-30-31-32-33-34-35-36-37-38-39-40-41-42-44-46-48-50-52-57(60)62-55(53-58)54-61-56(59)51-49-47-45-43-12-10-8-6-4-2/h5,7,11,13,15-16,18-19,21-22,24-25,27-28,30-31,55,58H,3-4,6,8-10,12,14,17,20,23,26,29,32-54H2,1-2H3/b7-5-,13-11-,16-15-,19-18-,22-21-,25-24-,28-27-,31-30-. The Morgan fingerprint density at radius 1 is 0.387 bits per heavy atom. The summed E-state index contributed by atoms with van der Waals surface area (Å²) in [6.45, 7) is 4.00. The van der Waals surface area contributed by atoms with Gasteiger partial charge in [-0.25, -0.2) is 0 Å². The summed E-state index contributed by atoms with van der Waals surface area (Å²) in [7, 11) is 0. The summed E-state index contributed by atoms with van der Waals surface area (Å²) in [5, 5.41) is 9.57. The average molecular weight is 861 g/mol. The van der Waals surface area contributed by atoms with Gasteiger partial charge in [-0.2, -0.15) is 0 Å². The maximum Gasteiger partial charge on any atom is 0.306 e. The third-order valence-electron chi connectivity index (χ3n) is 10.9. The SMILES string of the molecule is CC/C=C\C/C=C\C/C=C\C/C=C\C/C=C\C/C=C\C/C=C\C/C=C\CCCCCCCCCCCCCCCCC(=O)OC(CO)COC(=O)CCCCCCCCCCC. The molecule has 1 N–H and O–H groups in total.